The number of primary sulfonamides is 1. The number of aromatic nitrogens is 1. The van der Waals surface area contributed by atoms with Crippen LogP contribution in [0.25, 0.3) is 21.8 Å². The number of rotatable bonds is 1. The number of para-hydroxylation sites is 1. The number of fused-ring (bicyclic) bond motifs is 3. The van der Waals surface area contributed by atoms with Crippen molar-refractivity contribution in [3.63, 3.8) is 0 Å². The molecule has 0 unspecified atom stereocenters. The van der Waals surface area contributed by atoms with Gasteiger partial charge in [0.1, 0.15) is 0 Å². The Morgan fingerprint density at radius 1 is 0.941 bits per heavy atom. The largest absolute Gasteiger partial charge is 0.355 e. The second-order valence-electron chi connectivity index (χ2n) is 3.92. The highest BCUT2D eigenvalue weighted by Crippen LogP contribution is 2.26. The topological polar surface area (TPSA) is 76.0 Å². The lowest BCUT2D eigenvalue weighted by atomic mass is 10.1. The number of nitrogens with two attached hydrogens (primary N) is 1. The van der Waals surface area contributed by atoms with Gasteiger partial charge in [-0.1, -0.05) is 18.2 Å². The molecule has 0 saturated heterocycles. The molecule has 5 heteroatoms. The Hall–Kier alpha value is -1.85. The van der Waals surface area contributed by atoms with Crippen molar-refractivity contribution in [1.82, 2.24) is 4.98 Å². The minimum absolute atomic E-state index is 0.134. The van der Waals surface area contributed by atoms with E-state index in [9.17, 15) is 8.42 Å². The first kappa shape index (κ1) is 10.3. The minimum Gasteiger partial charge on any atom is -0.355 e. The molecule has 0 aliphatic heterocycles. The predicted octanol–water partition coefficient (Wildman–Crippen LogP) is 1.97. The summed E-state index contributed by atoms with van der Waals surface area (Å²) in [4.78, 5) is 3.36. The molecule has 0 spiro atoms. The number of H-pyrrole nitrogens is 1. The normalized spacial score (nSPS) is 12.3. The average molecular weight is 246 g/mol. The highest BCUT2D eigenvalue weighted by atomic mass is 32.2. The number of benzene rings is 2. The number of sulfonamides is 1. The van der Waals surface area contributed by atoms with Gasteiger partial charge < -0.3 is 4.98 Å². The van der Waals surface area contributed by atoms with E-state index in [4.69, 9.17) is 5.14 Å². The zero-order valence-electron chi connectivity index (χ0n) is 8.84. The van der Waals surface area contributed by atoms with Crippen molar-refractivity contribution in [2.75, 3.05) is 0 Å². The number of hydrogen-bond donors (Lipinski definition) is 2. The first-order valence-corrected chi connectivity index (χ1v) is 6.63. The molecule has 0 fully saturated rings. The maximum absolute atomic E-state index is 11.3. The number of aromatic amines is 1. The van der Waals surface area contributed by atoms with Crippen LogP contribution in [0.1, 0.15) is 0 Å². The SMILES string of the molecule is NS(=O)(=O)c1ccc2[nH]c3ccccc3c2c1. The van der Waals surface area contributed by atoms with E-state index < -0.39 is 10.0 Å². The monoisotopic (exact) mass is 246 g/mol. The molecule has 86 valence electrons. The predicted molar refractivity (Wildman–Crippen MR) is 67.2 cm³/mol. The van der Waals surface area contributed by atoms with Crippen LogP contribution in [0.5, 0.6) is 0 Å². The van der Waals surface area contributed by atoms with Crippen LogP contribution in [0.15, 0.2) is 47.4 Å². The van der Waals surface area contributed by atoms with Gasteiger partial charge in [0.25, 0.3) is 0 Å². The van der Waals surface area contributed by atoms with Gasteiger partial charge in [0.15, 0.2) is 0 Å². The summed E-state index contributed by atoms with van der Waals surface area (Å²) in [5.41, 5.74) is 1.88. The molecule has 0 atom stereocenters. The van der Waals surface area contributed by atoms with Crippen molar-refractivity contribution in [3.05, 3.63) is 42.5 Å². The van der Waals surface area contributed by atoms with Crippen LogP contribution >= 0.6 is 0 Å². The zero-order valence-corrected chi connectivity index (χ0v) is 9.66. The van der Waals surface area contributed by atoms with Gasteiger partial charge >= 0.3 is 0 Å². The fourth-order valence-corrected chi connectivity index (χ4v) is 2.54. The lowest BCUT2D eigenvalue weighted by molar-refractivity contribution is 0.598. The molecule has 0 aliphatic rings. The fourth-order valence-electron chi connectivity index (χ4n) is 2.00. The van der Waals surface area contributed by atoms with E-state index in [2.05, 4.69) is 4.98 Å². The fraction of sp³-hybridized carbons (Fsp3) is 0. The molecule has 4 nitrogen and oxygen atoms in total. The van der Waals surface area contributed by atoms with Gasteiger partial charge in [0.2, 0.25) is 10.0 Å². The highest BCUT2D eigenvalue weighted by molar-refractivity contribution is 7.89. The molecule has 0 radical (unpaired) electrons. The molecular weight excluding hydrogens is 236 g/mol. The van der Waals surface area contributed by atoms with E-state index in [1.54, 1.807) is 12.1 Å². The first-order valence-electron chi connectivity index (χ1n) is 5.09. The lowest BCUT2D eigenvalue weighted by Gasteiger charge is -1.97. The van der Waals surface area contributed by atoms with Crippen LogP contribution in [0, 0.1) is 0 Å². The average Bonchev–Trinajstić information content (AvgIpc) is 2.65. The molecule has 1 aromatic heterocycles. The van der Waals surface area contributed by atoms with Gasteiger partial charge in [-0.05, 0) is 24.3 Å². The van der Waals surface area contributed by atoms with Crippen LogP contribution in [0.4, 0.5) is 0 Å². The smallest absolute Gasteiger partial charge is 0.238 e. The molecule has 3 rings (SSSR count). The van der Waals surface area contributed by atoms with Gasteiger partial charge in [-0.3, -0.25) is 0 Å². The lowest BCUT2D eigenvalue weighted by Crippen LogP contribution is -2.11. The Bertz CT molecular complexity index is 819. The van der Waals surface area contributed by atoms with E-state index in [-0.39, 0.29) is 4.90 Å². The first-order chi connectivity index (χ1) is 8.05. The van der Waals surface area contributed by atoms with Crippen molar-refractivity contribution in [2.24, 2.45) is 5.14 Å². The minimum atomic E-state index is -3.65. The van der Waals surface area contributed by atoms with Crippen LogP contribution < -0.4 is 5.14 Å². The van der Waals surface area contributed by atoms with Crippen molar-refractivity contribution < 1.29 is 8.42 Å². The van der Waals surface area contributed by atoms with Gasteiger partial charge in [0, 0.05) is 21.8 Å². The zero-order chi connectivity index (χ0) is 12.0. The second-order valence-corrected chi connectivity index (χ2v) is 5.48. The number of nitrogens with one attached hydrogen (secondary N) is 1. The molecule has 17 heavy (non-hydrogen) atoms. The summed E-state index contributed by atoms with van der Waals surface area (Å²) in [5, 5.41) is 6.98. The van der Waals surface area contributed by atoms with E-state index in [0.717, 1.165) is 21.8 Å². The van der Waals surface area contributed by atoms with Crippen LogP contribution in [-0.4, -0.2) is 13.4 Å². The Morgan fingerprint density at radius 3 is 2.41 bits per heavy atom. The standard InChI is InChI=1S/C12H10N2O2S/c13-17(15,16)8-5-6-12-10(7-8)9-3-1-2-4-11(9)14-12/h1-7,14H,(H2,13,15,16). The third-order valence-corrected chi connectivity index (χ3v) is 3.72. The maximum atomic E-state index is 11.3. The summed E-state index contributed by atoms with van der Waals surface area (Å²) in [5.74, 6) is 0. The van der Waals surface area contributed by atoms with Crippen molar-refractivity contribution in [3.8, 4) is 0 Å². The van der Waals surface area contributed by atoms with Gasteiger partial charge in [0.05, 0.1) is 4.90 Å². The molecule has 1 heterocycles. The van der Waals surface area contributed by atoms with Gasteiger partial charge in [-0.2, -0.15) is 0 Å². The summed E-state index contributed by atoms with van der Waals surface area (Å²) >= 11 is 0. The van der Waals surface area contributed by atoms with Crippen molar-refractivity contribution in [1.29, 1.82) is 0 Å². The van der Waals surface area contributed by atoms with E-state index >= 15 is 0 Å². The Balaban J connectivity index is 2.46. The third kappa shape index (κ3) is 1.60. The molecule has 0 saturated carbocycles. The summed E-state index contributed by atoms with van der Waals surface area (Å²) in [7, 11) is -3.65. The molecular formula is C12H10N2O2S. The summed E-state index contributed by atoms with van der Waals surface area (Å²) in [6, 6.07) is 12.6. The molecule has 3 N–H and O–H groups in total. The van der Waals surface area contributed by atoms with E-state index in [1.807, 2.05) is 24.3 Å². The van der Waals surface area contributed by atoms with Crippen LogP contribution in [0.3, 0.4) is 0 Å². The third-order valence-electron chi connectivity index (χ3n) is 2.81. The summed E-state index contributed by atoms with van der Waals surface area (Å²) < 4.78 is 22.6. The van der Waals surface area contributed by atoms with Crippen molar-refractivity contribution in [2.45, 2.75) is 4.90 Å². The van der Waals surface area contributed by atoms with Crippen LogP contribution in [-0.2, 0) is 10.0 Å². The molecule has 0 aliphatic carbocycles. The van der Waals surface area contributed by atoms with E-state index in [1.165, 1.54) is 6.07 Å². The van der Waals surface area contributed by atoms with E-state index in [0.29, 0.717) is 0 Å². The quantitative estimate of drug-likeness (QED) is 0.688. The maximum Gasteiger partial charge on any atom is 0.238 e. The molecule has 2 aromatic carbocycles. The Labute approximate surface area is 98.1 Å². The highest BCUT2D eigenvalue weighted by Gasteiger charge is 2.10. The molecule has 3 aromatic rings. The van der Waals surface area contributed by atoms with Gasteiger partial charge in [-0.15, -0.1) is 0 Å². The Morgan fingerprint density at radius 2 is 1.65 bits per heavy atom. The van der Waals surface area contributed by atoms with Crippen molar-refractivity contribution >= 4 is 31.8 Å². The van der Waals surface area contributed by atoms with Crippen LogP contribution in [0.2, 0.25) is 0 Å². The number of hydrogen-bond acceptors (Lipinski definition) is 2. The van der Waals surface area contributed by atoms with Gasteiger partial charge in [-0.25, -0.2) is 13.6 Å². The molecule has 0 bridgehead atoms. The Kier molecular flexibility index (Phi) is 2.01. The summed E-state index contributed by atoms with van der Waals surface area (Å²) in [6.45, 7) is 0. The second kappa shape index (κ2) is 3.32. The molecule has 0 amide bonds. The summed E-state index contributed by atoms with van der Waals surface area (Å²) in [6.07, 6.45) is 0.